The third-order valence-electron chi connectivity index (χ3n) is 4.49. The van der Waals surface area contributed by atoms with Gasteiger partial charge in [0.05, 0.1) is 6.42 Å². The van der Waals surface area contributed by atoms with E-state index in [2.05, 4.69) is 19.1 Å². The van der Waals surface area contributed by atoms with Crippen molar-refractivity contribution in [3.8, 4) is 0 Å². The lowest BCUT2D eigenvalue weighted by atomic mass is 10.1. The molecule has 0 saturated heterocycles. The molecule has 1 atom stereocenters. The highest BCUT2D eigenvalue weighted by atomic mass is 16.4. The number of rotatable bonds is 8. The summed E-state index contributed by atoms with van der Waals surface area (Å²) in [5.74, 6) is -2.25. The van der Waals surface area contributed by atoms with E-state index >= 15 is 0 Å². The van der Waals surface area contributed by atoms with Crippen molar-refractivity contribution in [3.63, 3.8) is 0 Å². The summed E-state index contributed by atoms with van der Waals surface area (Å²) in [5.41, 5.74) is 3.21. The third kappa shape index (κ3) is 8.29. The summed E-state index contributed by atoms with van der Waals surface area (Å²) < 4.78 is 0. The van der Waals surface area contributed by atoms with Gasteiger partial charge < -0.3 is 10.2 Å². The second-order valence-corrected chi connectivity index (χ2v) is 6.98. The SMILES string of the molecule is Cc1ccccc1.O=C(O)C[C@@H](C(=O)O)N(Cc1ccccc1)Cc1ccccc1. The lowest BCUT2D eigenvalue weighted by Gasteiger charge is -2.28. The fourth-order valence-electron chi connectivity index (χ4n) is 2.98. The molecular formula is C25H27NO4. The lowest BCUT2D eigenvalue weighted by Crippen LogP contribution is -2.41. The molecule has 3 aromatic rings. The monoisotopic (exact) mass is 405 g/mol. The van der Waals surface area contributed by atoms with Crippen molar-refractivity contribution in [3.05, 3.63) is 108 Å². The van der Waals surface area contributed by atoms with E-state index in [0.29, 0.717) is 13.1 Å². The average Bonchev–Trinajstić information content (AvgIpc) is 2.74. The van der Waals surface area contributed by atoms with Gasteiger partial charge in [0.1, 0.15) is 6.04 Å². The van der Waals surface area contributed by atoms with E-state index in [4.69, 9.17) is 5.11 Å². The highest BCUT2D eigenvalue weighted by Gasteiger charge is 2.28. The van der Waals surface area contributed by atoms with Crippen molar-refractivity contribution in [2.24, 2.45) is 0 Å². The summed E-state index contributed by atoms with van der Waals surface area (Å²) in [7, 11) is 0. The molecule has 0 fully saturated rings. The predicted molar refractivity (Wildman–Crippen MR) is 117 cm³/mol. The second kappa shape index (κ2) is 12.2. The Labute approximate surface area is 177 Å². The summed E-state index contributed by atoms with van der Waals surface area (Å²) in [6.45, 7) is 2.83. The maximum absolute atomic E-state index is 11.6. The van der Waals surface area contributed by atoms with Gasteiger partial charge in [0.25, 0.3) is 0 Å². The molecule has 0 unspecified atom stereocenters. The molecule has 30 heavy (non-hydrogen) atoms. The van der Waals surface area contributed by atoms with Crippen molar-refractivity contribution in [1.82, 2.24) is 4.90 Å². The first-order valence-electron chi connectivity index (χ1n) is 9.74. The number of aliphatic carboxylic acids is 2. The van der Waals surface area contributed by atoms with Gasteiger partial charge in [-0.1, -0.05) is 96.6 Å². The maximum atomic E-state index is 11.6. The van der Waals surface area contributed by atoms with Crippen molar-refractivity contribution >= 4 is 11.9 Å². The normalized spacial score (nSPS) is 11.3. The Morgan fingerprint density at radius 2 is 1.13 bits per heavy atom. The molecule has 0 bridgehead atoms. The number of nitrogens with zero attached hydrogens (tertiary/aromatic N) is 1. The van der Waals surface area contributed by atoms with Gasteiger partial charge in [-0.3, -0.25) is 14.5 Å². The predicted octanol–water partition coefficient (Wildman–Crippen LogP) is 4.61. The van der Waals surface area contributed by atoms with Crippen LogP contribution < -0.4 is 0 Å². The molecule has 0 saturated carbocycles. The van der Waals surface area contributed by atoms with Gasteiger partial charge in [-0.15, -0.1) is 0 Å². The summed E-state index contributed by atoms with van der Waals surface area (Å²) in [6, 6.07) is 28.1. The van der Waals surface area contributed by atoms with E-state index in [9.17, 15) is 14.7 Å². The molecular weight excluding hydrogens is 378 g/mol. The molecule has 156 valence electrons. The van der Waals surface area contributed by atoms with Gasteiger partial charge in [-0.05, 0) is 18.1 Å². The van der Waals surface area contributed by atoms with Gasteiger partial charge in [0, 0.05) is 13.1 Å². The number of aryl methyl sites for hydroxylation is 1. The molecule has 3 aromatic carbocycles. The van der Waals surface area contributed by atoms with E-state index in [-0.39, 0.29) is 0 Å². The van der Waals surface area contributed by atoms with Crippen LogP contribution in [0, 0.1) is 6.92 Å². The molecule has 0 heterocycles. The van der Waals surface area contributed by atoms with Crippen LogP contribution in [-0.4, -0.2) is 33.1 Å². The van der Waals surface area contributed by atoms with E-state index in [1.54, 1.807) is 4.90 Å². The van der Waals surface area contributed by atoms with Gasteiger partial charge in [-0.2, -0.15) is 0 Å². The van der Waals surface area contributed by atoms with E-state index in [1.165, 1.54) is 5.56 Å². The minimum atomic E-state index is -1.13. The smallest absolute Gasteiger partial charge is 0.321 e. The van der Waals surface area contributed by atoms with Crippen LogP contribution in [0.3, 0.4) is 0 Å². The Kier molecular flexibility index (Phi) is 9.28. The third-order valence-corrected chi connectivity index (χ3v) is 4.49. The minimum absolute atomic E-state index is 0.375. The molecule has 3 rings (SSSR count). The topological polar surface area (TPSA) is 77.8 Å². The Bertz CT molecular complexity index is 857. The summed E-state index contributed by atoms with van der Waals surface area (Å²) in [4.78, 5) is 24.3. The number of hydrogen-bond acceptors (Lipinski definition) is 3. The van der Waals surface area contributed by atoms with Crippen LogP contribution >= 0.6 is 0 Å². The van der Waals surface area contributed by atoms with Crippen LogP contribution in [0.1, 0.15) is 23.1 Å². The molecule has 5 heteroatoms. The Morgan fingerprint density at radius 1 is 0.733 bits per heavy atom. The van der Waals surface area contributed by atoms with Gasteiger partial charge in [-0.25, -0.2) is 0 Å². The largest absolute Gasteiger partial charge is 0.481 e. The Hall–Kier alpha value is -3.44. The minimum Gasteiger partial charge on any atom is -0.481 e. The fraction of sp³-hybridized carbons (Fsp3) is 0.200. The lowest BCUT2D eigenvalue weighted by molar-refractivity contribution is -0.150. The van der Waals surface area contributed by atoms with E-state index in [1.807, 2.05) is 78.9 Å². The van der Waals surface area contributed by atoms with Gasteiger partial charge in [0.2, 0.25) is 0 Å². The molecule has 0 aromatic heterocycles. The van der Waals surface area contributed by atoms with Crippen LogP contribution in [0.2, 0.25) is 0 Å². The number of benzene rings is 3. The van der Waals surface area contributed by atoms with Crippen LogP contribution in [0.5, 0.6) is 0 Å². The molecule has 0 spiro atoms. The first-order chi connectivity index (χ1) is 14.5. The van der Waals surface area contributed by atoms with Crippen LogP contribution in [0.4, 0.5) is 0 Å². The number of hydrogen-bond donors (Lipinski definition) is 2. The second-order valence-electron chi connectivity index (χ2n) is 6.98. The van der Waals surface area contributed by atoms with Crippen molar-refractivity contribution in [2.45, 2.75) is 32.5 Å². The molecule has 0 aliphatic heterocycles. The fourth-order valence-corrected chi connectivity index (χ4v) is 2.98. The summed E-state index contributed by atoms with van der Waals surface area (Å²) >= 11 is 0. The Morgan fingerprint density at radius 3 is 1.43 bits per heavy atom. The molecule has 5 nitrogen and oxygen atoms in total. The highest BCUT2D eigenvalue weighted by molar-refractivity contribution is 5.80. The summed E-state index contributed by atoms with van der Waals surface area (Å²) in [5, 5.41) is 18.5. The zero-order chi connectivity index (χ0) is 21.8. The number of carboxylic acid groups (broad SMARTS) is 2. The van der Waals surface area contributed by atoms with Gasteiger partial charge in [0.15, 0.2) is 0 Å². The number of carbonyl (C=O) groups is 2. The first-order valence-corrected chi connectivity index (χ1v) is 9.74. The Balaban J connectivity index is 0.000000386. The van der Waals surface area contributed by atoms with Gasteiger partial charge >= 0.3 is 11.9 Å². The molecule has 2 N–H and O–H groups in total. The zero-order valence-corrected chi connectivity index (χ0v) is 17.0. The average molecular weight is 405 g/mol. The first kappa shape index (κ1) is 22.8. The summed E-state index contributed by atoms with van der Waals surface area (Å²) in [6.07, 6.45) is -0.436. The van der Waals surface area contributed by atoms with Crippen molar-refractivity contribution in [2.75, 3.05) is 0 Å². The van der Waals surface area contributed by atoms with Crippen LogP contribution in [0.15, 0.2) is 91.0 Å². The quantitative estimate of drug-likeness (QED) is 0.572. The molecule has 0 aliphatic rings. The number of carboxylic acids is 2. The van der Waals surface area contributed by atoms with Crippen molar-refractivity contribution < 1.29 is 19.8 Å². The van der Waals surface area contributed by atoms with Crippen LogP contribution in [-0.2, 0) is 22.7 Å². The zero-order valence-electron chi connectivity index (χ0n) is 17.0. The highest BCUT2D eigenvalue weighted by Crippen LogP contribution is 2.16. The standard InChI is InChI=1S/C18H19NO4.C7H8/c20-17(21)11-16(18(22)23)19(12-14-7-3-1-4-8-14)13-15-9-5-2-6-10-15;1-7-5-3-2-4-6-7/h1-10,16H,11-13H2,(H,20,21)(H,22,23);2-6H,1H3/t16-;/m0./s1. The van der Waals surface area contributed by atoms with E-state index in [0.717, 1.165) is 11.1 Å². The van der Waals surface area contributed by atoms with Crippen LogP contribution in [0.25, 0.3) is 0 Å². The molecule has 0 radical (unpaired) electrons. The van der Waals surface area contributed by atoms with E-state index < -0.39 is 24.4 Å². The van der Waals surface area contributed by atoms with Crippen molar-refractivity contribution in [1.29, 1.82) is 0 Å². The molecule has 0 aliphatic carbocycles. The maximum Gasteiger partial charge on any atom is 0.321 e. The molecule has 0 amide bonds.